The van der Waals surface area contributed by atoms with Gasteiger partial charge in [-0.25, -0.2) is 12.7 Å². The van der Waals surface area contributed by atoms with Crippen LogP contribution in [-0.4, -0.2) is 67.6 Å². The number of carbonyl (C=O) groups excluding carboxylic acids is 1. The number of sulfonamides is 1. The van der Waals surface area contributed by atoms with Crippen molar-refractivity contribution in [2.45, 2.75) is 29.5 Å². The molecule has 11 heteroatoms. The summed E-state index contributed by atoms with van der Waals surface area (Å²) < 4.78 is 63.8. The molecule has 1 aromatic rings. The lowest BCUT2D eigenvalue weighted by Crippen LogP contribution is -2.54. The van der Waals surface area contributed by atoms with E-state index in [-0.39, 0.29) is 22.9 Å². The van der Waals surface area contributed by atoms with Gasteiger partial charge in [0.1, 0.15) is 9.77 Å². The quantitative estimate of drug-likeness (QED) is 0.855. The van der Waals surface area contributed by atoms with Gasteiger partial charge in [0.25, 0.3) is 5.91 Å². The molecule has 136 valence electrons. The maximum atomic E-state index is 12.8. The van der Waals surface area contributed by atoms with Crippen LogP contribution in [0.3, 0.4) is 0 Å². The third-order valence-electron chi connectivity index (χ3n) is 3.99. The highest BCUT2D eigenvalue weighted by atomic mass is 32.2. The number of nitrogens with zero attached hydrogens (tertiary/aromatic N) is 2. The molecule has 1 aromatic heterocycles. The van der Waals surface area contributed by atoms with Gasteiger partial charge in [0.2, 0.25) is 10.0 Å². The monoisotopic (exact) mass is 386 g/mol. The molecule has 0 bridgehead atoms. The molecule has 24 heavy (non-hydrogen) atoms. The molecule has 6 nitrogen and oxygen atoms in total. The van der Waals surface area contributed by atoms with Crippen LogP contribution in [0.2, 0.25) is 0 Å². The number of piperidine rings is 1. The van der Waals surface area contributed by atoms with Gasteiger partial charge < -0.3 is 10.0 Å². The lowest BCUT2D eigenvalue weighted by Gasteiger charge is -2.39. The average molecular weight is 386 g/mol. The summed E-state index contributed by atoms with van der Waals surface area (Å²) in [5.74, 6) is -0.644. The van der Waals surface area contributed by atoms with Crippen molar-refractivity contribution in [3.63, 3.8) is 0 Å². The number of carbonyl (C=O) groups is 1. The summed E-state index contributed by atoms with van der Waals surface area (Å²) in [5.41, 5.74) is -2.81. The number of aliphatic hydroxyl groups is 1. The van der Waals surface area contributed by atoms with E-state index in [4.69, 9.17) is 0 Å². The van der Waals surface area contributed by atoms with Gasteiger partial charge in [-0.1, -0.05) is 0 Å². The van der Waals surface area contributed by atoms with Gasteiger partial charge in [-0.2, -0.15) is 13.2 Å². The number of alkyl halides is 3. The van der Waals surface area contributed by atoms with E-state index in [1.54, 1.807) is 0 Å². The van der Waals surface area contributed by atoms with Crippen molar-refractivity contribution in [2.24, 2.45) is 0 Å². The Bertz CT molecular complexity index is 720. The second-order valence-corrected chi connectivity index (χ2v) is 8.76. The first-order valence-corrected chi connectivity index (χ1v) is 9.30. The summed E-state index contributed by atoms with van der Waals surface area (Å²) in [5, 5.41) is 11.1. The molecule has 0 unspecified atom stereocenters. The fourth-order valence-corrected chi connectivity index (χ4v) is 4.62. The molecule has 1 aliphatic rings. The maximum Gasteiger partial charge on any atom is 0.417 e. The molecule has 2 heterocycles. The third kappa shape index (κ3) is 3.30. The molecule has 1 N–H and O–H groups in total. The van der Waals surface area contributed by atoms with Gasteiger partial charge in [0.15, 0.2) is 5.60 Å². The minimum absolute atomic E-state index is 0.0406. The van der Waals surface area contributed by atoms with E-state index in [0.29, 0.717) is 0 Å². The maximum absolute atomic E-state index is 12.8. The molecule has 1 amide bonds. The molecular formula is C13H17F3N2O4S2. The number of amides is 1. The highest BCUT2D eigenvalue weighted by Crippen LogP contribution is 2.39. The Hall–Kier alpha value is -1.17. The molecule has 1 fully saturated rings. The van der Waals surface area contributed by atoms with Crippen LogP contribution < -0.4 is 0 Å². The molecule has 0 aromatic carbocycles. The molecule has 0 aliphatic carbocycles. The van der Waals surface area contributed by atoms with Crippen molar-refractivity contribution in [3.05, 3.63) is 16.3 Å². The van der Waals surface area contributed by atoms with E-state index >= 15 is 0 Å². The molecule has 0 spiro atoms. The Morgan fingerprint density at radius 3 is 2.33 bits per heavy atom. The Kier molecular flexibility index (Phi) is 5.01. The Labute approximate surface area is 141 Å². The zero-order valence-electron chi connectivity index (χ0n) is 13.0. The number of rotatable bonds is 3. The van der Waals surface area contributed by atoms with E-state index < -0.39 is 40.5 Å². The van der Waals surface area contributed by atoms with Crippen LogP contribution in [-0.2, 0) is 10.0 Å². The van der Waals surface area contributed by atoms with Crippen molar-refractivity contribution in [2.75, 3.05) is 27.2 Å². The molecule has 0 atom stereocenters. The first kappa shape index (κ1) is 19.2. The van der Waals surface area contributed by atoms with Crippen LogP contribution in [0.4, 0.5) is 13.2 Å². The van der Waals surface area contributed by atoms with Gasteiger partial charge in [0, 0.05) is 40.0 Å². The lowest BCUT2D eigenvalue weighted by molar-refractivity contribution is -0.271. The summed E-state index contributed by atoms with van der Waals surface area (Å²) >= 11 is 0.919. The first-order valence-electron chi connectivity index (χ1n) is 6.98. The third-order valence-corrected chi connectivity index (χ3v) is 6.88. The van der Waals surface area contributed by atoms with Gasteiger partial charge in [-0.15, -0.1) is 11.3 Å². The molecule has 0 saturated carbocycles. The predicted octanol–water partition coefficient (Wildman–Crippen LogP) is 1.53. The van der Waals surface area contributed by atoms with Crippen LogP contribution in [0.25, 0.3) is 0 Å². The van der Waals surface area contributed by atoms with Crippen LogP contribution in [0, 0.1) is 0 Å². The number of halogens is 3. The summed E-state index contributed by atoms with van der Waals surface area (Å²) in [7, 11) is -1.18. The van der Waals surface area contributed by atoms with E-state index in [2.05, 4.69) is 0 Å². The largest absolute Gasteiger partial charge is 0.417 e. The number of likely N-dealkylation sites (tertiary alicyclic amines) is 1. The number of hydrogen-bond donors (Lipinski definition) is 1. The van der Waals surface area contributed by atoms with E-state index in [1.807, 2.05) is 0 Å². The van der Waals surface area contributed by atoms with E-state index in [9.17, 15) is 31.5 Å². The Morgan fingerprint density at radius 1 is 1.33 bits per heavy atom. The predicted molar refractivity (Wildman–Crippen MR) is 81.3 cm³/mol. The first-order chi connectivity index (χ1) is 10.9. The molecule has 0 radical (unpaired) electrons. The minimum atomic E-state index is -4.76. The van der Waals surface area contributed by atoms with Crippen LogP contribution >= 0.6 is 11.3 Å². The highest BCUT2D eigenvalue weighted by Gasteiger charge is 2.55. The lowest BCUT2D eigenvalue weighted by atomic mass is 9.91. The summed E-state index contributed by atoms with van der Waals surface area (Å²) in [4.78, 5) is 13.4. The van der Waals surface area contributed by atoms with Crippen molar-refractivity contribution in [1.29, 1.82) is 0 Å². The summed E-state index contributed by atoms with van der Waals surface area (Å²) in [6.45, 7) is -0.595. The fraction of sp³-hybridized carbons (Fsp3) is 0.615. The fourth-order valence-electron chi connectivity index (χ4n) is 2.36. The van der Waals surface area contributed by atoms with Gasteiger partial charge >= 0.3 is 6.18 Å². The van der Waals surface area contributed by atoms with Gasteiger partial charge in [-0.05, 0) is 11.4 Å². The summed E-state index contributed by atoms with van der Waals surface area (Å²) in [6, 6.07) is 1.29. The smallest absolute Gasteiger partial charge is 0.380 e. The Balaban J connectivity index is 2.21. The number of thiophene rings is 1. The van der Waals surface area contributed by atoms with E-state index in [1.165, 1.54) is 25.5 Å². The zero-order chi connectivity index (χ0) is 18.3. The molecule has 2 rings (SSSR count). The highest BCUT2D eigenvalue weighted by molar-refractivity contribution is 7.89. The van der Waals surface area contributed by atoms with Gasteiger partial charge in [-0.3, -0.25) is 4.79 Å². The second kappa shape index (κ2) is 6.28. The summed E-state index contributed by atoms with van der Waals surface area (Å²) in [6.07, 6.45) is -6.03. The van der Waals surface area contributed by atoms with Crippen LogP contribution in [0.15, 0.2) is 16.3 Å². The van der Waals surface area contributed by atoms with Gasteiger partial charge in [0.05, 0.1) is 0 Å². The normalized spacial score (nSPS) is 18.9. The van der Waals surface area contributed by atoms with Crippen molar-refractivity contribution in [1.82, 2.24) is 9.21 Å². The van der Waals surface area contributed by atoms with Crippen molar-refractivity contribution in [3.8, 4) is 0 Å². The molecular weight excluding hydrogens is 369 g/mol. The topological polar surface area (TPSA) is 77.9 Å². The SMILES string of the molecule is CN(C)S(=O)(=O)c1ccsc1C(=O)N1CCC(O)(C(F)(F)F)CC1. The average Bonchev–Trinajstić information content (AvgIpc) is 2.96. The number of hydrogen-bond acceptors (Lipinski definition) is 5. The molecule has 1 saturated heterocycles. The second-order valence-electron chi connectivity index (χ2n) is 5.72. The van der Waals surface area contributed by atoms with Crippen LogP contribution in [0.1, 0.15) is 22.5 Å². The standard InChI is InChI=1S/C13H17F3N2O4S2/c1-17(2)24(21,22)9-3-8-23-10(9)11(19)18-6-4-12(20,5-7-18)13(14,15)16/h3,8,20H,4-7H2,1-2H3. The Morgan fingerprint density at radius 2 is 1.88 bits per heavy atom. The van der Waals surface area contributed by atoms with Crippen molar-refractivity contribution < 1.29 is 31.5 Å². The van der Waals surface area contributed by atoms with Crippen LogP contribution in [0.5, 0.6) is 0 Å². The minimum Gasteiger partial charge on any atom is -0.380 e. The zero-order valence-corrected chi connectivity index (χ0v) is 14.6. The molecule has 1 aliphatic heterocycles. The van der Waals surface area contributed by atoms with Crippen molar-refractivity contribution >= 4 is 27.3 Å². The van der Waals surface area contributed by atoms with E-state index in [0.717, 1.165) is 20.5 Å².